The first-order valence-corrected chi connectivity index (χ1v) is 6.92. The third-order valence-electron chi connectivity index (χ3n) is 2.35. The van der Waals surface area contributed by atoms with E-state index < -0.39 is 5.60 Å². The minimum Gasteiger partial charge on any atom is -0.444 e. The van der Waals surface area contributed by atoms with Crippen LogP contribution in [0.25, 0.3) is 0 Å². The van der Waals surface area contributed by atoms with Crippen molar-refractivity contribution < 1.29 is 19.1 Å². The molecule has 6 nitrogen and oxygen atoms in total. The van der Waals surface area contributed by atoms with Crippen LogP contribution in [0.3, 0.4) is 0 Å². The van der Waals surface area contributed by atoms with Gasteiger partial charge >= 0.3 is 6.09 Å². The Kier molecular flexibility index (Phi) is 8.08. The molecule has 20 heavy (non-hydrogen) atoms. The zero-order valence-corrected chi connectivity index (χ0v) is 13.9. The fraction of sp³-hybridized carbons (Fsp3) is 0.929. The largest absolute Gasteiger partial charge is 0.444 e. The number of hydrogen-bond donors (Lipinski definition) is 1. The number of rotatable bonds is 7. The minimum absolute atomic E-state index is 0.309. The number of methoxy groups -OCH3 is 1. The van der Waals surface area contributed by atoms with Crippen LogP contribution in [-0.4, -0.2) is 55.5 Å². The minimum atomic E-state index is -0.497. The molecule has 0 spiro atoms. The predicted molar refractivity (Wildman–Crippen MR) is 78.5 cm³/mol. The number of carbonyl (C=O) groups excluding carboxylic acids is 1. The van der Waals surface area contributed by atoms with Crippen LogP contribution in [0.4, 0.5) is 4.79 Å². The maximum absolute atomic E-state index is 12.2. The second-order valence-electron chi connectivity index (χ2n) is 6.54. The highest BCUT2D eigenvalue weighted by molar-refractivity contribution is 5.69. The summed E-state index contributed by atoms with van der Waals surface area (Å²) in [5.41, 5.74) is 2.00. The Bertz CT molecular complexity index is 282. The number of ether oxygens (including phenoxy) is 2. The van der Waals surface area contributed by atoms with Crippen LogP contribution in [0.15, 0.2) is 0 Å². The summed E-state index contributed by atoms with van der Waals surface area (Å²) in [6.45, 7) is 13.5. The Morgan fingerprint density at radius 1 is 1.10 bits per heavy atom. The van der Waals surface area contributed by atoms with E-state index in [2.05, 4.69) is 5.48 Å². The summed E-state index contributed by atoms with van der Waals surface area (Å²) in [6.07, 6.45) is -0.316. The van der Waals surface area contributed by atoms with Crippen molar-refractivity contribution in [3.05, 3.63) is 0 Å². The van der Waals surface area contributed by atoms with Gasteiger partial charge in [0.15, 0.2) is 0 Å². The first-order chi connectivity index (χ1) is 9.08. The lowest BCUT2D eigenvalue weighted by molar-refractivity contribution is -0.0124. The van der Waals surface area contributed by atoms with Gasteiger partial charge in [-0.1, -0.05) is 0 Å². The summed E-state index contributed by atoms with van der Waals surface area (Å²) in [4.78, 5) is 19.0. The van der Waals surface area contributed by atoms with Gasteiger partial charge in [-0.15, -0.1) is 0 Å². The van der Waals surface area contributed by atoms with E-state index in [1.165, 1.54) is 0 Å². The van der Waals surface area contributed by atoms with Gasteiger partial charge in [-0.25, -0.2) is 10.3 Å². The van der Waals surface area contributed by atoms with Crippen LogP contribution in [0.1, 0.15) is 41.5 Å². The second kappa shape index (κ2) is 8.44. The Hall–Kier alpha value is -0.850. The molecule has 0 unspecified atom stereocenters. The number of nitrogens with zero attached hydrogens (tertiary/aromatic N) is 1. The Balaban J connectivity index is 4.27. The first kappa shape index (κ1) is 19.1. The highest BCUT2D eigenvalue weighted by atomic mass is 16.7. The highest BCUT2D eigenvalue weighted by Crippen LogP contribution is 2.17. The van der Waals surface area contributed by atoms with E-state index in [-0.39, 0.29) is 11.6 Å². The Morgan fingerprint density at radius 3 is 2.15 bits per heavy atom. The van der Waals surface area contributed by atoms with E-state index in [4.69, 9.17) is 14.3 Å². The summed E-state index contributed by atoms with van der Waals surface area (Å²) in [5, 5.41) is 0. The van der Waals surface area contributed by atoms with Gasteiger partial charge in [-0.05, 0) is 41.5 Å². The van der Waals surface area contributed by atoms with Crippen molar-refractivity contribution in [2.24, 2.45) is 0 Å². The van der Waals surface area contributed by atoms with Crippen LogP contribution >= 0.6 is 0 Å². The summed E-state index contributed by atoms with van der Waals surface area (Å²) in [5.74, 6) is 0. The molecule has 120 valence electrons. The smallest absolute Gasteiger partial charge is 0.410 e. The SMILES string of the molecule is COCCONCCN(C(=O)OC(C)(C)C)C(C)(C)C. The molecule has 0 bridgehead atoms. The number of amides is 1. The molecule has 0 aromatic heterocycles. The fourth-order valence-corrected chi connectivity index (χ4v) is 1.44. The van der Waals surface area contributed by atoms with Crippen LogP contribution < -0.4 is 5.48 Å². The average Bonchev–Trinajstić information content (AvgIpc) is 2.23. The number of carbonyl (C=O) groups is 1. The van der Waals surface area contributed by atoms with Crippen LogP contribution in [0, 0.1) is 0 Å². The molecule has 1 N–H and O–H groups in total. The van der Waals surface area contributed by atoms with E-state index >= 15 is 0 Å². The van der Waals surface area contributed by atoms with Gasteiger partial charge < -0.3 is 14.4 Å². The quantitative estimate of drug-likeness (QED) is 0.575. The maximum atomic E-state index is 12.2. The molecule has 0 atom stereocenters. The standard InChI is InChI=1S/C14H30N2O4/c1-13(2,3)16(12(17)20-14(4,5)6)9-8-15-19-11-10-18-7/h15H,8-11H2,1-7H3. The zero-order chi connectivity index (χ0) is 15.8. The molecule has 0 aliphatic carbocycles. The molecule has 0 saturated carbocycles. The van der Waals surface area contributed by atoms with Crippen molar-refractivity contribution in [1.29, 1.82) is 0 Å². The van der Waals surface area contributed by atoms with Crippen molar-refractivity contribution in [2.75, 3.05) is 33.4 Å². The molecule has 0 saturated heterocycles. The lowest BCUT2D eigenvalue weighted by Gasteiger charge is -2.36. The maximum Gasteiger partial charge on any atom is 0.410 e. The number of hydroxylamine groups is 1. The molecular weight excluding hydrogens is 260 g/mol. The zero-order valence-electron chi connectivity index (χ0n) is 13.9. The Morgan fingerprint density at radius 2 is 1.70 bits per heavy atom. The first-order valence-electron chi connectivity index (χ1n) is 6.92. The van der Waals surface area contributed by atoms with Crippen molar-refractivity contribution in [3.8, 4) is 0 Å². The predicted octanol–water partition coefficient (Wildman–Crippen LogP) is 2.19. The van der Waals surface area contributed by atoms with E-state index in [0.717, 1.165) is 0 Å². The molecule has 0 aromatic carbocycles. The van der Waals surface area contributed by atoms with Crippen molar-refractivity contribution in [3.63, 3.8) is 0 Å². The summed E-state index contributed by atoms with van der Waals surface area (Å²) in [7, 11) is 1.62. The van der Waals surface area contributed by atoms with E-state index in [1.54, 1.807) is 12.0 Å². The molecule has 0 heterocycles. The molecule has 6 heteroatoms. The lowest BCUT2D eigenvalue weighted by Crippen LogP contribution is -2.50. The summed E-state index contributed by atoms with van der Waals surface area (Å²) in [6, 6.07) is 0. The third kappa shape index (κ3) is 9.12. The topological polar surface area (TPSA) is 60.0 Å². The normalized spacial score (nSPS) is 12.3. The van der Waals surface area contributed by atoms with Crippen molar-refractivity contribution in [1.82, 2.24) is 10.4 Å². The third-order valence-corrected chi connectivity index (χ3v) is 2.35. The summed E-state index contributed by atoms with van der Waals surface area (Å²) >= 11 is 0. The summed E-state index contributed by atoms with van der Waals surface area (Å²) < 4.78 is 10.3. The molecule has 1 amide bonds. The van der Waals surface area contributed by atoms with Gasteiger partial charge in [-0.3, -0.25) is 4.84 Å². The monoisotopic (exact) mass is 290 g/mol. The van der Waals surface area contributed by atoms with Gasteiger partial charge in [0.05, 0.1) is 13.2 Å². The van der Waals surface area contributed by atoms with Crippen molar-refractivity contribution in [2.45, 2.75) is 52.7 Å². The van der Waals surface area contributed by atoms with E-state index in [9.17, 15) is 4.79 Å². The fourth-order valence-electron chi connectivity index (χ4n) is 1.44. The van der Waals surface area contributed by atoms with E-state index in [0.29, 0.717) is 26.3 Å². The molecule has 0 fully saturated rings. The number of hydrogen-bond acceptors (Lipinski definition) is 5. The Labute approximate surface area is 122 Å². The van der Waals surface area contributed by atoms with Gasteiger partial charge in [0.1, 0.15) is 5.60 Å². The molecule has 0 radical (unpaired) electrons. The van der Waals surface area contributed by atoms with Gasteiger partial charge in [0.25, 0.3) is 0 Å². The molecule has 0 rings (SSSR count). The molecule has 0 aliphatic heterocycles. The van der Waals surface area contributed by atoms with Gasteiger partial charge in [-0.2, -0.15) is 0 Å². The molecule has 0 aliphatic rings. The van der Waals surface area contributed by atoms with Crippen LogP contribution in [0.2, 0.25) is 0 Å². The van der Waals surface area contributed by atoms with E-state index in [1.807, 2.05) is 41.5 Å². The average molecular weight is 290 g/mol. The second-order valence-corrected chi connectivity index (χ2v) is 6.54. The highest BCUT2D eigenvalue weighted by Gasteiger charge is 2.30. The molecule has 0 aromatic rings. The number of nitrogens with one attached hydrogen (secondary N) is 1. The van der Waals surface area contributed by atoms with Crippen LogP contribution in [0.5, 0.6) is 0 Å². The molecular formula is C14H30N2O4. The van der Waals surface area contributed by atoms with Crippen LogP contribution in [-0.2, 0) is 14.3 Å². The van der Waals surface area contributed by atoms with Gasteiger partial charge in [0, 0.05) is 25.7 Å². The lowest BCUT2D eigenvalue weighted by atomic mass is 10.1. The van der Waals surface area contributed by atoms with Crippen molar-refractivity contribution >= 4 is 6.09 Å². The van der Waals surface area contributed by atoms with Gasteiger partial charge in [0.2, 0.25) is 0 Å².